The Morgan fingerprint density at radius 1 is 1.04 bits per heavy atom. The van der Waals surface area contributed by atoms with Crippen molar-refractivity contribution in [3.63, 3.8) is 0 Å². The van der Waals surface area contributed by atoms with Crippen molar-refractivity contribution in [2.45, 2.75) is 64.3 Å². The predicted molar refractivity (Wildman–Crippen MR) is 95.6 cm³/mol. The lowest BCUT2D eigenvalue weighted by Gasteiger charge is -2.33. The summed E-state index contributed by atoms with van der Waals surface area (Å²) in [6.45, 7) is 5.21. The van der Waals surface area contributed by atoms with Crippen LogP contribution in [-0.2, 0) is 4.74 Å². The average Bonchev–Trinajstić information content (AvgIpc) is 2.53. The van der Waals surface area contributed by atoms with Crippen LogP contribution >= 0.6 is 0 Å². The maximum absolute atomic E-state index is 13.1. The standard InChI is InChI=1S/C19H25F3N2O3/c1-18(2,3)27-17(26)23-13-10-8-12(9-11-13)16(25)24-15-7-5-4-6-14(15)19(20,21)22/h8-11,14-15H,4-7H2,1-3H3,(H,23,26)(H,24,25). The molecule has 1 aliphatic carbocycles. The number of ether oxygens (including phenoxy) is 1. The summed E-state index contributed by atoms with van der Waals surface area (Å²) in [7, 11) is 0. The number of carbonyl (C=O) groups excluding carboxylic acids is 2. The SMILES string of the molecule is CC(C)(C)OC(=O)Nc1ccc(C(=O)NC2CCCCC2C(F)(F)F)cc1. The van der Waals surface area contributed by atoms with Gasteiger partial charge in [0.2, 0.25) is 0 Å². The molecule has 0 aromatic heterocycles. The van der Waals surface area contributed by atoms with E-state index < -0.39 is 35.7 Å². The minimum Gasteiger partial charge on any atom is -0.444 e. The predicted octanol–water partition coefficient (Wildman–Crippen LogP) is 4.88. The van der Waals surface area contributed by atoms with Crippen LogP contribution in [0.25, 0.3) is 0 Å². The number of nitrogens with one attached hydrogen (secondary N) is 2. The highest BCUT2D eigenvalue weighted by Crippen LogP contribution is 2.37. The van der Waals surface area contributed by atoms with Crippen molar-refractivity contribution in [3.8, 4) is 0 Å². The fourth-order valence-electron chi connectivity index (χ4n) is 3.07. The summed E-state index contributed by atoms with van der Waals surface area (Å²) in [6, 6.07) is 4.99. The van der Waals surface area contributed by atoms with Gasteiger partial charge in [0.1, 0.15) is 5.60 Å². The number of rotatable bonds is 3. The molecule has 27 heavy (non-hydrogen) atoms. The number of anilines is 1. The molecule has 2 N–H and O–H groups in total. The Labute approximate surface area is 156 Å². The number of halogens is 3. The molecule has 1 fully saturated rings. The second-order valence-electron chi connectivity index (χ2n) is 7.72. The molecule has 2 rings (SSSR count). The second kappa shape index (κ2) is 8.19. The smallest absolute Gasteiger partial charge is 0.412 e. The lowest BCUT2D eigenvalue weighted by molar-refractivity contribution is -0.187. The van der Waals surface area contributed by atoms with Crippen LogP contribution in [-0.4, -0.2) is 29.8 Å². The van der Waals surface area contributed by atoms with Crippen LogP contribution in [0.4, 0.5) is 23.7 Å². The van der Waals surface area contributed by atoms with Crippen molar-refractivity contribution in [1.82, 2.24) is 5.32 Å². The van der Waals surface area contributed by atoms with Crippen LogP contribution in [0.1, 0.15) is 56.8 Å². The first kappa shape index (κ1) is 21.1. The first-order chi connectivity index (χ1) is 12.5. The summed E-state index contributed by atoms with van der Waals surface area (Å²) >= 11 is 0. The van der Waals surface area contributed by atoms with Gasteiger partial charge in [-0.1, -0.05) is 12.8 Å². The van der Waals surface area contributed by atoms with Crippen LogP contribution in [0, 0.1) is 5.92 Å². The van der Waals surface area contributed by atoms with Crippen LogP contribution in [0.5, 0.6) is 0 Å². The Morgan fingerprint density at radius 2 is 1.63 bits per heavy atom. The molecule has 1 aliphatic rings. The second-order valence-corrected chi connectivity index (χ2v) is 7.72. The average molecular weight is 386 g/mol. The van der Waals surface area contributed by atoms with Gasteiger partial charge in [-0.15, -0.1) is 0 Å². The van der Waals surface area contributed by atoms with E-state index in [0.717, 1.165) is 0 Å². The van der Waals surface area contributed by atoms with Gasteiger partial charge in [0.25, 0.3) is 5.91 Å². The normalized spacial score (nSPS) is 20.7. The Balaban J connectivity index is 1.98. The monoisotopic (exact) mass is 386 g/mol. The van der Waals surface area contributed by atoms with E-state index in [9.17, 15) is 22.8 Å². The zero-order chi connectivity index (χ0) is 20.2. The van der Waals surface area contributed by atoms with Gasteiger partial charge in [0.15, 0.2) is 0 Å². The number of hydrogen-bond donors (Lipinski definition) is 2. The van der Waals surface area contributed by atoms with Gasteiger partial charge in [0.05, 0.1) is 5.92 Å². The topological polar surface area (TPSA) is 67.4 Å². The molecule has 1 aromatic rings. The quantitative estimate of drug-likeness (QED) is 0.778. The largest absolute Gasteiger partial charge is 0.444 e. The Morgan fingerprint density at radius 3 is 2.19 bits per heavy atom. The molecule has 0 spiro atoms. The zero-order valence-electron chi connectivity index (χ0n) is 15.7. The number of amides is 2. The van der Waals surface area contributed by atoms with Gasteiger partial charge < -0.3 is 10.1 Å². The molecule has 1 saturated carbocycles. The molecule has 0 heterocycles. The number of carbonyl (C=O) groups is 2. The van der Waals surface area contributed by atoms with E-state index in [2.05, 4.69) is 10.6 Å². The molecule has 8 heteroatoms. The first-order valence-corrected chi connectivity index (χ1v) is 8.93. The molecule has 2 unspecified atom stereocenters. The number of alkyl halides is 3. The summed E-state index contributed by atoms with van der Waals surface area (Å²) in [6.07, 6.45) is -3.42. The van der Waals surface area contributed by atoms with Crippen LogP contribution in [0.2, 0.25) is 0 Å². The third kappa shape index (κ3) is 6.45. The summed E-state index contributed by atoms with van der Waals surface area (Å²) in [5.41, 5.74) is 0.0155. The lowest BCUT2D eigenvalue weighted by atomic mass is 9.84. The highest BCUT2D eigenvalue weighted by atomic mass is 19.4. The maximum atomic E-state index is 13.1. The van der Waals surface area contributed by atoms with Crippen molar-refractivity contribution in [2.24, 2.45) is 5.92 Å². The van der Waals surface area contributed by atoms with Crippen molar-refractivity contribution < 1.29 is 27.5 Å². The minimum absolute atomic E-state index is 0.0349. The van der Waals surface area contributed by atoms with Gasteiger partial charge in [0, 0.05) is 17.3 Å². The molecule has 1 aromatic carbocycles. The van der Waals surface area contributed by atoms with Gasteiger partial charge in [-0.25, -0.2) is 4.79 Å². The van der Waals surface area contributed by atoms with E-state index in [1.165, 1.54) is 24.3 Å². The molecule has 2 amide bonds. The van der Waals surface area contributed by atoms with E-state index in [-0.39, 0.29) is 12.0 Å². The molecule has 5 nitrogen and oxygen atoms in total. The Kier molecular flexibility index (Phi) is 6.38. The molecule has 150 valence electrons. The van der Waals surface area contributed by atoms with Crippen molar-refractivity contribution in [2.75, 3.05) is 5.32 Å². The highest BCUT2D eigenvalue weighted by molar-refractivity contribution is 5.95. The summed E-state index contributed by atoms with van der Waals surface area (Å²) in [5, 5.41) is 5.04. The third-order valence-electron chi connectivity index (χ3n) is 4.30. The van der Waals surface area contributed by atoms with E-state index in [1.807, 2.05) is 0 Å². The third-order valence-corrected chi connectivity index (χ3v) is 4.30. The molecule has 2 atom stereocenters. The van der Waals surface area contributed by atoms with Crippen molar-refractivity contribution in [1.29, 1.82) is 0 Å². The molecular weight excluding hydrogens is 361 g/mol. The van der Waals surface area contributed by atoms with E-state index in [0.29, 0.717) is 24.9 Å². The molecule has 0 bridgehead atoms. The zero-order valence-corrected chi connectivity index (χ0v) is 15.7. The molecule has 0 saturated heterocycles. The molecule has 0 aliphatic heterocycles. The maximum Gasteiger partial charge on any atom is 0.412 e. The highest BCUT2D eigenvalue weighted by Gasteiger charge is 2.45. The molecule has 0 radical (unpaired) electrons. The Bertz CT molecular complexity index is 666. The van der Waals surface area contributed by atoms with Crippen LogP contribution in [0.3, 0.4) is 0 Å². The van der Waals surface area contributed by atoms with E-state index in [4.69, 9.17) is 4.74 Å². The lowest BCUT2D eigenvalue weighted by Crippen LogP contribution is -2.47. The summed E-state index contributed by atoms with van der Waals surface area (Å²) < 4.78 is 44.5. The van der Waals surface area contributed by atoms with Gasteiger partial charge in [-0.3, -0.25) is 10.1 Å². The summed E-state index contributed by atoms with van der Waals surface area (Å²) in [4.78, 5) is 24.0. The van der Waals surface area contributed by atoms with Gasteiger partial charge >= 0.3 is 12.3 Å². The summed E-state index contributed by atoms with van der Waals surface area (Å²) in [5.74, 6) is -2.07. The van der Waals surface area contributed by atoms with Crippen LogP contribution < -0.4 is 10.6 Å². The Hall–Kier alpha value is -2.25. The van der Waals surface area contributed by atoms with Gasteiger partial charge in [-0.05, 0) is 57.9 Å². The number of hydrogen-bond acceptors (Lipinski definition) is 3. The van der Waals surface area contributed by atoms with Crippen molar-refractivity contribution >= 4 is 17.7 Å². The molecular formula is C19H25F3N2O3. The van der Waals surface area contributed by atoms with E-state index in [1.54, 1.807) is 20.8 Å². The first-order valence-electron chi connectivity index (χ1n) is 8.93. The number of benzene rings is 1. The fourth-order valence-corrected chi connectivity index (χ4v) is 3.07. The van der Waals surface area contributed by atoms with Crippen molar-refractivity contribution in [3.05, 3.63) is 29.8 Å². The minimum atomic E-state index is -4.32. The van der Waals surface area contributed by atoms with Gasteiger partial charge in [-0.2, -0.15) is 13.2 Å². The fraction of sp³-hybridized carbons (Fsp3) is 0.579. The van der Waals surface area contributed by atoms with Crippen LogP contribution in [0.15, 0.2) is 24.3 Å². The van der Waals surface area contributed by atoms with E-state index >= 15 is 0 Å².